The van der Waals surface area contributed by atoms with Gasteiger partial charge < -0.3 is 15.0 Å². The number of nitrogens with zero attached hydrogens (tertiary/aromatic N) is 2. The molecule has 0 saturated heterocycles. The first-order chi connectivity index (χ1) is 8.63. The van der Waals surface area contributed by atoms with Gasteiger partial charge >= 0.3 is 0 Å². The van der Waals surface area contributed by atoms with Crippen LogP contribution in [0.4, 0.5) is 5.82 Å². The van der Waals surface area contributed by atoms with Crippen LogP contribution in [0.2, 0.25) is 0 Å². The minimum absolute atomic E-state index is 0.501. The smallest absolute Gasteiger partial charge is 0.128 e. The van der Waals surface area contributed by atoms with Gasteiger partial charge in [-0.15, -0.1) is 0 Å². The van der Waals surface area contributed by atoms with Crippen LogP contribution in [0.15, 0.2) is 18.3 Å². The summed E-state index contributed by atoms with van der Waals surface area (Å²) in [5.74, 6) is 1.01. The van der Waals surface area contributed by atoms with Crippen LogP contribution >= 0.6 is 0 Å². The lowest BCUT2D eigenvalue weighted by atomic mass is 10.2. The van der Waals surface area contributed by atoms with Crippen LogP contribution in [-0.4, -0.2) is 38.3 Å². The van der Waals surface area contributed by atoms with Crippen molar-refractivity contribution in [3.05, 3.63) is 23.9 Å². The molecular formula is C14H25N3O. The maximum absolute atomic E-state index is 5.05. The van der Waals surface area contributed by atoms with Gasteiger partial charge in [0.1, 0.15) is 5.82 Å². The Kier molecular flexibility index (Phi) is 6.68. The van der Waals surface area contributed by atoms with Gasteiger partial charge in [0, 0.05) is 46.1 Å². The number of hydrogen-bond donors (Lipinski definition) is 1. The average molecular weight is 251 g/mol. The Labute approximate surface area is 110 Å². The van der Waals surface area contributed by atoms with Crippen LogP contribution in [-0.2, 0) is 11.3 Å². The van der Waals surface area contributed by atoms with Gasteiger partial charge in [0.2, 0.25) is 0 Å². The fourth-order valence-electron chi connectivity index (χ4n) is 1.63. The molecule has 0 amide bonds. The Hall–Kier alpha value is -1.13. The number of anilines is 1. The Morgan fingerprint density at radius 1 is 1.39 bits per heavy atom. The minimum Gasteiger partial charge on any atom is -0.385 e. The van der Waals surface area contributed by atoms with Crippen LogP contribution in [0.3, 0.4) is 0 Å². The first-order valence-corrected chi connectivity index (χ1v) is 6.52. The summed E-state index contributed by atoms with van der Waals surface area (Å²) in [5, 5.41) is 3.38. The van der Waals surface area contributed by atoms with Crippen molar-refractivity contribution in [1.82, 2.24) is 10.3 Å². The molecule has 1 aromatic rings. The molecule has 1 heterocycles. The highest BCUT2D eigenvalue weighted by Crippen LogP contribution is 2.10. The molecule has 0 aliphatic carbocycles. The molecule has 1 rings (SSSR count). The maximum Gasteiger partial charge on any atom is 0.128 e. The molecule has 0 aliphatic rings. The molecule has 0 radical (unpaired) electrons. The number of pyridine rings is 1. The molecule has 0 saturated carbocycles. The van der Waals surface area contributed by atoms with E-state index in [2.05, 4.69) is 48.2 Å². The van der Waals surface area contributed by atoms with E-state index in [1.165, 1.54) is 5.56 Å². The molecule has 4 nitrogen and oxygen atoms in total. The van der Waals surface area contributed by atoms with Crippen LogP contribution in [0.25, 0.3) is 0 Å². The second kappa shape index (κ2) is 8.06. The van der Waals surface area contributed by atoms with Crippen LogP contribution in [0, 0.1) is 0 Å². The average Bonchev–Trinajstić information content (AvgIpc) is 2.37. The lowest BCUT2D eigenvalue weighted by Gasteiger charge is -2.18. The predicted molar refractivity (Wildman–Crippen MR) is 76.0 cm³/mol. The van der Waals surface area contributed by atoms with Crippen molar-refractivity contribution in [3.8, 4) is 0 Å². The first-order valence-electron chi connectivity index (χ1n) is 6.52. The fraction of sp³-hybridized carbons (Fsp3) is 0.643. The molecule has 0 atom stereocenters. The van der Waals surface area contributed by atoms with Crippen molar-refractivity contribution in [2.75, 3.05) is 32.2 Å². The van der Waals surface area contributed by atoms with E-state index in [1.54, 1.807) is 7.11 Å². The quantitative estimate of drug-likeness (QED) is 0.718. The Morgan fingerprint density at radius 3 is 2.72 bits per heavy atom. The second-order valence-electron chi connectivity index (χ2n) is 4.83. The summed E-state index contributed by atoms with van der Waals surface area (Å²) in [6.45, 7) is 6.92. The number of aromatic nitrogens is 1. The summed E-state index contributed by atoms with van der Waals surface area (Å²) in [6, 6.07) is 4.70. The molecule has 0 aromatic carbocycles. The van der Waals surface area contributed by atoms with Gasteiger partial charge in [-0.05, 0) is 18.1 Å². The molecule has 0 bridgehead atoms. The van der Waals surface area contributed by atoms with Crippen molar-refractivity contribution in [1.29, 1.82) is 0 Å². The third-order valence-electron chi connectivity index (χ3n) is 2.76. The number of hydrogen-bond acceptors (Lipinski definition) is 4. The highest BCUT2D eigenvalue weighted by Gasteiger charge is 2.02. The van der Waals surface area contributed by atoms with Crippen molar-refractivity contribution >= 4 is 5.82 Å². The Bertz CT molecular complexity index is 324. The second-order valence-corrected chi connectivity index (χ2v) is 4.83. The van der Waals surface area contributed by atoms with E-state index >= 15 is 0 Å². The summed E-state index contributed by atoms with van der Waals surface area (Å²) in [5.41, 5.74) is 1.22. The van der Waals surface area contributed by atoms with E-state index in [1.807, 2.05) is 6.20 Å². The number of ether oxygens (including phenoxy) is 1. The van der Waals surface area contributed by atoms with Crippen molar-refractivity contribution < 1.29 is 4.74 Å². The fourth-order valence-corrected chi connectivity index (χ4v) is 1.63. The van der Waals surface area contributed by atoms with Crippen molar-refractivity contribution in [2.24, 2.45) is 0 Å². The van der Waals surface area contributed by atoms with E-state index in [-0.39, 0.29) is 0 Å². The SMILES string of the molecule is COCCCN(C)c1ccc(CNC(C)C)cn1. The highest BCUT2D eigenvalue weighted by atomic mass is 16.5. The molecule has 102 valence electrons. The molecule has 0 spiro atoms. The van der Waals surface area contributed by atoms with Crippen LogP contribution in [0.1, 0.15) is 25.8 Å². The molecule has 1 N–H and O–H groups in total. The molecule has 0 aliphatic heterocycles. The zero-order valence-electron chi connectivity index (χ0n) is 11.9. The van der Waals surface area contributed by atoms with Gasteiger partial charge in [0.25, 0.3) is 0 Å². The van der Waals surface area contributed by atoms with Crippen LogP contribution in [0.5, 0.6) is 0 Å². The van der Waals surface area contributed by atoms with E-state index < -0.39 is 0 Å². The van der Waals surface area contributed by atoms with Gasteiger partial charge in [-0.25, -0.2) is 4.98 Å². The lowest BCUT2D eigenvalue weighted by Crippen LogP contribution is -2.23. The minimum atomic E-state index is 0.501. The highest BCUT2D eigenvalue weighted by molar-refractivity contribution is 5.38. The topological polar surface area (TPSA) is 37.4 Å². The molecule has 4 heteroatoms. The number of rotatable bonds is 8. The lowest BCUT2D eigenvalue weighted by molar-refractivity contribution is 0.196. The molecule has 0 unspecified atom stereocenters. The monoisotopic (exact) mass is 251 g/mol. The molecular weight excluding hydrogens is 226 g/mol. The van der Waals surface area contributed by atoms with Crippen molar-refractivity contribution in [3.63, 3.8) is 0 Å². The van der Waals surface area contributed by atoms with Crippen LogP contribution < -0.4 is 10.2 Å². The van der Waals surface area contributed by atoms with E-state index in [0.717, 1.165) is 31.9 Å². The normalized spacial score (nSPS) is 10.9. The first kappa shape index (κ1) is 14.9. The van der Waals surface area contributed by atoms with Gasteiger partial charge in [0.05, 0.1) is 0 Å². The largest absolute Gasteiger partial charge is 0.385 e. The van der Waals surface area contributed by atoms with E-state index in [0.29, 0.717) is 6.04 Å². The zero-order chi connectivity index (χ0) is 13.4. The maximum atomic E-state index is 5.05. The third kappa shape index (κ3) is 5.47. The summed E-state index contributed by atoms with van der Waals surface area (Å²) in [6.07, 6.45) is 2.96. The van der Waals surface area contributed by atoms with Gasteiger partial charge in [-0.3, -0.25) is 0 Å². The number of methoxy groups -OCH3 is 1. The standard InChI is InChI=1S/C14H25N3O/c1-12(2)15-10-13-6-7-14(16-11-13)17(3)8-5-9-18-4/h6-7,11-12,15H,5,8-10H2,1-4H3. The van der Waals surface area contributed by atoms with Gasteiger partial charge in [0.15, 0.2) is 0 Å². The molecule has 1 aromatic heterocycles. The molecule has 18 heavy (non-hydrogen) atoms. The third-order valence-corrected chi connectivity index (χ3v) is 2.76. The predicted octanol–water partition coefficient (Wildman–Crippen LogP) is 2.05. The van der Waals surface area contributed by atoms with Gasteiger partial charge in [-0.1, -0.05) is 19.9 Å². The zero-order valence-corrected chi connectivity index (χ0v) is 11.9. The summed E-state index contributed by atoms with van der Waals surface area (Å²) >= 11 is 0. The number of nitrogens with one attached hydrogen (secondary N) is 1. The Morgan fingerprint density at radius 2 is 2.17 bits per heavy atom. The summed E-state index contributed by atoms with van der Waals surface area (Å²) in [7, 11) is 3.79. The van der Waals surface area contributed by atoms with E-state index in [4.69, 9.17) is 4.74 Å². The van der Waals surface area contributed by atoms with E-state index in [9.17, 15) is 0 Å². The summed E-state index contributed by atoms with van der Waals surface area (Å²) in [4.78, 5) is 6.63. The van der Waals surface area contributed by atoms with Gasteiger partial charge in [-0.2, -0.15) is 0 Å². The molecule has 0 fully saturated rings. The van der Waals surface area contributed by atoms with Crippen molar-refractivity contribution in [2.45, 2.75) is 32.9 Å². The Balaban J connectivity index is 2.43. The summed E-state index contributed by atoms with van der Waals surface area (Å²) < 4.78 is 5.05.